The summed E-state index contributed by atoms with van der Waals surface area (Å²) in [4.78, 5) is 23.0. The molecule has 3 heterocycles. The molecule has 1 aliphatic heterocycles. The summed E-state index contributed by atoms with van der Waals surface area (Å²) in [5, 5.41) is 23.6. The highest BCUT2D eigenvalue weighted by atomic mass is 32.1. The molecule has 0 saturated carbocycles. The van der Waals surface area contributed by atoms with Crippen LogP contribution in [-0.2, 0) is 6.54 Å². The topological polar surface area (TPSA) is 112 Å². The van der Waals surface area contributed by atoms with Gasteiger partial charge in [0.15, 0.2) is 6.39 Å². The van der Waals surface area contributed by atoms with Crippen molar-refractivity contribution in [3.05, 3.63) is 34.4 Å². The number of aromatic nitrogens is 2. The van der Waals surface area contributed by atoms with Crippen molar-refractivity contribution in [3.8, 4) is 0 Å². The van der Waals surface area contributed by atoms with Gasteiger partial charge in [0.1, 0.15) is 5.60 Å². The number of amides is 1. The molecule has 0 aromatic carbocycles. The zero-order valence-electron chi connectivity index (χ0n) is 13.3. The second-order valence-electron chi connectivity index (χ2n) is 6.01. The SMILES string of the molecule is Cc1ncsc1CN1CC[C@@](O)(CNC(=O)c2cnco2)[C@H](O)C1. The number of aliphatic hydroxyl groups is 2. The number of likely N-dealkylation sites (tertiary alicyclic amines) is 1. The first-order valence-electron chi connectivity index (χ1n) is 7.66. The number of piperidine rings is 1. The van der Waals surface area contributed by atoms with Gasteiger partial charge in [-0.05, 0) is 13.3 Å². The molecule has 1 fully saturated rings. The van der Waals surface area contributed by atoms with Crippen LogP contribution in [0.4, 0.5) is 0 Å². The number of hydrogen-bond acceptors (Lipinski definition) is 8. The fourth-order valence-corrected chi connectivity index (χ4v) is 3.52. The van der Waals surface area contributed by atoms with Crippen molar-refractivity contribution in [3.63, 3.8) is 0 Å². The van der Waals surface area contributed by atoms with E-state index in [4.69, 9.17) is 4.42 Å². The summed E-state index contributed by atoms with van der Waals surface area (Å²) < 4.78 is 4.90. The van der Waals surface area contributed by atoms with Gasteiger partial charge in [0, 0.05) is 31.1 Å². The first-order chi connectivity index (χ1) is 11.5. The fourth-order valence-electron chi connectivity index (χ4n) is 2.70. The number of β-amino-alcohol motifs (C(OH)–C–C–N with tert-alkyl or cyclic N) is 1. The molecule has 8 nitrogen and oxygen atoms in total. The predicted molar refractivity (Wildman–Crippen MR) is 86.5 cm³/mol. The zero-order chi connectivity index (χ0) is 17.2. The molecule has 1 amide bonds. The smallest absolute Gasteiger partial charge is 0.288 e. The zero-order valence-corrected chi connectivity index (χ0v) is 14.1. The number of carbonyl (C=O) groups is 1. The molecule has 3 N–H and O–H groups in total. The van der Waals surface area contributed by atoms with Crippen LogP contribution in [0.1, 0.15) is 27.5 Å². The van der Waals surface area contributed by atoms with E-state index in [0.29, 0.717) is 26.1 Å². The van der Waals surface area contributed by atoms with Crippen molar-refractivity contribution in [2.24, 2.45) is 0 Å². The minimum atomic E-state index is -1.35. The number of thiazole rings is 1. The molecular weight excluding hydrogens is 332 g/mol. The molecule has 0 aliphatic carbocycles. The van der Waals surface area contributed by atoms with Crippen LogP contribution >= 0.6 is 11.3 Å². The molecule has 0 unspecified atom stereocenters. The number of aryl methyl sites for hydroxylation is 1. The highest BCUT2D eigenvalue weighted by Crippen LogP contribution is 2.25. The summed E-state index contributed by atoms with van der Waals surface area (Å²) >= 11 is 1.59. The van der Waals surface area contributed by atoms with Crippen molar-refractivity contribution < 1.29 is 19.4 Å². The first-order valence-corrected chi connectivity index (χ1v) is 8.54. The number of hydrogen-bond donors (Lipinski definition) is 3. The number of nitrogens with one attached hydrogen (secondary N) is 1. The molecule has 1 saturated heterocycles. The van der Waals surface area contributed by atoms with E-state index in [1.807, 2.05) is 6.92 Å². The van der Waals surface area contributed by atoms with Crippen molar-refractivity contribution in [2.45, 2.75) is 31.6 Å². The van der Waals surface area contributed by atoms with E-state index >= 15 is 0 Å². The van der Waals surface area contributed by atoms with Crippen molar-refractivity contribution in [2.75, 3.05) is 19.6 Å². The van der Waals surface area contributed by atoms with Gasteiger partial charge in [0.25, 0.3) is 5.91 Å². The Bertz CT molecular complexity index is 689. The molecule has 1 aliphatic rings. The molecule has 9 heteroatoms. The third-order valence-electron chi connectivity index (χ3n) is 4.34. The Kier molecular flexibility index (Phi) is 4.95. The molecular formula is C15H20N4O4S. The lowest BCUT2D eigenvalue weighted by Crippen LogP contribution is -2.60. The van der Waals surface area contributed by atoms with E-state index in [2.05, 4.69) is 20.2 Å². The number of nitrogens with zero attached hydrogens (tertiary/aromatic N) is 3. The van der Waals surface area contributed by atoms with Gasteiger partial charge >= 0.3 is 0 Å². The van der Waals surface area contributed by atoms with E-state index in [-0.39, 0.29) is 12.3 Å². The quantitative estimate of drug-likeness (QED) is 0.703. The Morgan fingerprint density at radius 3 is 3.08 bits per heavy atom. The van der Waals surface area contributed by atoms with Crippen LogP contribution in [0.25, 0.3) is 0 Å². The van der Waals surface area contributed by atoms with Crippen LogP contribution < -0.4 is 5.32 Å². The van der Waals surface area contributed by atoms with Crippen molar-refractivity contribution in [1.29, 1.82) is 0 Å². The normalized spacial score (nSPS) is 24.9. The Hall–Kier alpha value is -1.81. The largest absolute Gasteiger partial charge is 0.438 e. The Labute approximate surface area is 143 Å². The average molecular weight is 352 g/mol. The Morgan fingerprint density at radius 2 is 2.46 bits per heavy atom. The van der Waals surface area contributed by atoms with Gasteiger partial charge in [0.2, 0.25) is 5.76 Å². The molecule has 24 heavy (non-hydrogen) atoms. The van der Waals surface area contributed by atoms with Gasteiger partial charge in [-0.2, -0.15) is 0 Å². The molecule has 2 aromatic heterocycles. The van der Waals surface area contributed by atoms with Crippen molar-refractivity contribution in [1.82, 2.24) is 20.2 Å². The van der Waals surface area contributed by atoms with E-state index in [9.17, 15) is 15.0 Å². The van der Waals surface area contributed by atoms with Gasteiger partial charge < -0.3 is 19.9 Å². The lowest BCUT2D eigenvalue weighted by molar-refractivity contribution is -0.116. The molecule has 0 radical (unpaired) electrons. The van der Waals surface area contributed by atoms with E-state index in [1.165, 1.54) is 12.6 Å². The Balaban J connectivity index is 1.54. The minimum Gasteiger partial charge on any atom is -0.438 e. The maximum Gasteiger partial charge on any atom is 0.288 e. The monoisotopic (exact) mass is 352 g/mol. The van der Waals surface area contributed by atoms with Crippen molar-refractivity contribution >= 4 is 17.2 Å². The van der Waals surface area contributed by atoms with E-state index in [0.717, 1.165) is 10.6 Å². The molecule has 2 atom stereocenters. The predicted octanol–water partition coefficient (Wildman–Crippen LogP) is 0.167. The second kappa shape index (κ2) is 6.98. The Morgan fingerprint density at radius 1 is 1.62 bits per heavy atom. The molecule has 2 aromatic rings. The number of oxazole rings is 1. The summed E-state index contributed by atoms with van der Waals surface area (Å²) in [6, 6.07) is 0. The highest BCUT2D eigenvalue weighted by Gasteiger charge is 2.41. The highest BCUT2D eigenvalue weighted by molar-refractivity contribution is 7.09. The molecule has 0 bridgehead atoms. The van der Waals surface area contributed by atoms with Gasteiger partial charge in [-0.1, -0.05) is 0 Å². The van der Waals surface area contributed by atoms with E-state index in [1.54, 1.807) is 16.8 Å². The number of carbonyl (C=O) groups excluding carboxylic acids is 1. The van der Waals surface area contributed by atoms with Crippen LogP contribution in [0.2, 0.25) is 0 Å². The molecule has 0 spiro atoms. The number of rotatable bonds is 5. The first kappa shape index (κ1) is 17.0. The van der Waals surface area contributed by atoms with Gasteiger partial charge in [0.05, 0.1) is 23.5 Å². The van der Waals surface area contributed by atoms with E-state index < -0.39 is 17.6 Å². The third kappa shape index (κ3) is 3.64. The third-order valence-corrected chi connectivity index (χ3v) is 5.26. The van der Waals surface area contributed by atoms with Crippen LogP contribution in [0, 0.1) is 6.92 Å². The number of aliphatic hydroxyl groups excluding tert-OH is 1. The van der Waals surface area contributed by atoms with Crippen LogP contribution in [-0.4, -0.2) is 62.3 Å². The molecule has 3 rings (SSSR count). The summed E-state index contributed by atoms with van der Waals surface area (Å²) in [6.45, 7) is 3.59. The van der Waals surface area contributed by atoms with Gasteiger partial charge in [-0.25, -0.2) is 9.97 Å². The summed E-state index contributed by atoms with van der Waals surface area (Å²) in [7, 11) is 0. The lowest BCUT2D eigenvalue weighted by atomic mass is 9.88. The van der Waals surface area contributed by atoms with Crippen LogP contribution in [0.15, 0.2) is 22.5 Å². The van der Waals surface area contributed by atoms with Gasteiger partial charge in [-0.3, -0.25) is 9.69 Å². The maximum absolute atomic E-state index is 11.9. The summed E-state index contributed by atoms with van der Waals surface area (Å²) in [5.74, 6) is -0.387. The standard InChI is InChI=1S/C15H20N4O4S/c1-10-12(24-9-18-10)5-19-3-2-15(22,13(20)6-19)7-17-14(21)11-4-16-8-23-11/h4,8-9,13,20,22H,2-3,5-7H2,1H3,(H,17,21)/t13-,15-/m1/s1. The fraction of sp³-hybridized carbons (Fsp3) is 0.533. The maximum atomic E-state index is 11.9. The van der Waals surface area contributed by atoms with Crippen LogP contribution in [0.5, 0.6) is 0 Å². The van der Waals surface area contributed by atoms with Crippen LogP contribution in [0.3, 0.4) is 0 Å². The van der Waals surface area contributed by atoms with Gasteiger partial charge in [-0.15, -0.1) is 11.3 Å². The minimum absolute atomic E-state index is 0.0406. The average Bonchev–Trinajstić information content (AvgIpc) is 3.22. The summed E-state index contributed by atoms with van der Waals surface area (Å²) in [5.41, 5.74) is 1.45. The lowest BCUT2D eigenvalue weighted by Gasteiger charge is -2.42. The second-order valence-corrected chi connectivity index (χ2v) is 6.95. The summed E-state index contributed by atoms with van der Waals surface area (Å²) in [6.07, 6.45) is 1.88. The molecule has 130 valence electrons.